The average Bonchev–Trinajstić information content (AvgIpc) is 3.61. The molecule has 3 aromatic rings. The van der Waals surface area contributed by atoms with Gasteiger partial charge in [0.15, 0.2) is 0 Å². The first kappa shape index (κ1) is 24.6. The standard InChI is InChI=1S/C24H17ClF3N3O6/c1-29-16-6-5-13(9-15(16)23(7-8-23)20(29)33)30-11-17(37-22(35)36)19(32)31(21(30)34)10-12-3-2-4-14(18(12)25)24(26,27)28/h2-6,9,11H,7-8,10H2,1H3,(H,35,36). The van der Waals surface area contributed by atoms with E-state index in [1.54, 1.807) is 19.2 Å². The zero-order valence-corrected chi connectivity index (χ0v) is 19.8. The monoisotopic (exact) mass is 535 g/mol. The Morgan fingerprint density at radius 3 is 2.49 bits per heavy atom. The molecule has 192 valence electrons. The summed E-state index contributed by atoms with van der Waals surface area (Å²) in [5.74, 6) is -0.823. The summed E-state index contributed by atoms with van der Waals surface area (Å²) in [4.78, 5) is 51.8. The highest BCUT2D eigenvalue weighted by Crippen LogP contribution is 2.57. The van der Waals surface area contributed by atoms with E-state index in [-0.39, 0.29) is 17.2 Å². The topological polar surface area (TPSA) is 111 Å². The van der Waals surface area contributed by atoms with Gasteiger partial charge in [-0.25, -0.2) is 9.59 Å². The molecule has 1 saturated carbocycles. The van der Waals surface area contributed by atoms with Gasteiger partial charge in [-0.15, -0.1) is 0 Å². The Morgan fingerprint density at radius 2 is 1.86 bits per heavy atom. The van der Waals surface area contributed by atoms with Crippen molar-refractivity contribution in [3.05, 3.63) is 85.1 Å². The predicted molar refractivity (Wildman–Crippen MR) is 125 cm³/mol. The van der Waals surface area contributed by atoms with E-state index in [0.29, 0.717) is 28.7 Å². The smallest absolute Gasteiger partial charge is 0.449 e. The quantitative estimate of drug-likeness (QED) is 0.509. The molecule has 0 unspecified atom stereocenters. The van der Waals surface area contributed by atoms with Crippen molar-refractivity contribution >= 4 is 29.4 Å². The van der Waals surface area contributed by atoms with Gasteiger partial charge in [-0.3, -0.25) is 18.7 Å². The van der Waals surface area contributed by atoms with Gasteiger partial charge < -0.3 is 14.7 Å². The number of nitrogens with zero attached hydrogens (tertiary/aromatic N) is 3. The van der Waals surface area contributed by atoms with Crippen LogP contribution < -0.4 is 20.9 Å². The van der Waals surface area contributed by atoms with E-state index in [0.717, 1.165) is 22.9 Å². The first-order valence-corrected chi connectivity index (χ1v) is 11.3. The molecule has 0 radical (unpaired) electrons. The van der Waals surface area contributed by atoms with Gasteiger partial charge in [0.05, 0.1) is 34.4 Å². The minimum absolute atomic E-state index is 0.0777. The second kappa shape index (κ2) is 8.23. The first-order chi connectivity index (χ1) is 17.3. The lowest BCUT2D eigenvalue weighted by Gasteiger charge is -2.16. The number of hydrogen-bond acceptors (Lipinski definition) is 5. The summed E-state index contributed by atoms with van der Waals surface area (Å²) in [6.45, 7) is -0.687. The molecule has 1 N–H and O–H groups in total. The molecule has 37 heavy (non-hydrogen) atoms. The van der Waals surface area contributed by atoms with E-state index in [9.17, 15) is 32.3 Å². The Kier molecular flexibility index (Phi) is 5.48. The SMILES string of the molecule is CN1C(=O)C2(CC2)c2cc(-n3cc(OC(=O)O)c(=O)n(Cc4cccc(C(F)(F)F)c4Cl)c3=O)ccc21. The minimum Gasteiger partial charge on any atom is -0.449 e. The zero-order chi connectivity index (χ0) is 26.9. The van der Waals surface area contributed by atoms with Crippen LogP contribution in [0.25, 0.3) is 5.69 Å². The molecule has 1 aliphatic heterocycles. The summed E-state index contributed by atoms with van der Waals surface area (Å²) in [5.41, 5.74) is -2.63. The van der Waals surface area contributed by atoms with Crippen molar-refractivity contribution in [1.29, 1.82) is 0 Å². The van der Waals surface area contributed by atoms with Gasteiger partial charge in [-0.05, 0) is 48.2 Å². The fraction of sp³-hybridized carbons (Fsp3) is 0.250. The number of likely N-dealkylation sites (N-methyl/N-ethyl adjacent to an activating group) is 1. The van der Waals surface area contributed by atoms with Crippen LogP contribution in [-0.4, -0.2) is 33.4 Å². The zero-order valence-electron chi connectivity index (χ0n) is 19.0. The summed E-state index contributed by atoms with van der Waals surface area (Å²) in [7, 11) is 1.64. The predicted octanol–water partition coefficient (Wildman–Crippen LogP) is 3.78. The van der Waals surface area contributed by atoms with Crippen molar-refractivity contribution in [1.82, 2.24) is 9.13 Å². The van der Waals surface area contributed by atoms with E-state index in [4.69, 9.17) is 16.7 Å². The lowest BCUT2D eigenvalue weighted by Crippen LogP contribution is -2.40. The van der Waals surface area contributed by atoms with Crippen LogP contribution in [-0.2, 0) is 22.9 Å². The van der Waals surface area contributed by atoms with E-state index in [1.807, 2.05) is 0 Å². The molecule has 9 nitrogen and oxygen atoms in total. The third-order valence-electron chi connectivity index (χ3n) is 6.65. The molecule has 1 amide bonds. The van der Waals surface area contributed by atoms with E-state index < -0.39 is 51.9 Å². The van der Waals surface area contributed by atoms with Crippen LogP contribution in [0.1, 0.15) is 29.5 Å². The molecule has 1 fully saturated rings. The molecule has 2 heterocycles. The van der Waals surface area contributed by atoms with Gasteiger partial charge in [0, 0.05) is 12.7 Å². The maximum Gasteiger partial charge on any atom is 0.511 e. The van der Waals surface area contributed by atoms with Crippen LogP contribution in [0.3, 0.4) is 0 Å². The molecule has 1 aromatic heterocycles. The number of benzene rings is 2. The van der Waals surface area contributed by atoms with Gasteiger partial charge in [-0.1, -0.05) is 23.7 Å². The molecule has 0 atom stereocenters. The fourth-order valence-corrected chi connectivity index (χ4v) is 4.95. The number of aromatic nitrogens is 2. The second-order valence-electron chi connectivity index (χ2n) is 8.83. The van der Waals surface area contributed by atoms with Gasteiger partial charge in [0.1, 0.15) is 0 Å². The number of ether oxygens (including phenoxy) is 1. The summed E-state index contributed by atoms with van der Waals surface area (Å²) < 4.78 is 46.0. The maximum absolute atomic E-state index is 13.4. The number of alkyl halides is 3. The lowest BCUT2D eigenvalue weighted by atomic mass is 9.97. The molecule has 2 aromatic carbocycles. The molecular formula is C24H17ClF3N3O6. The number of rotatable bonds is 4. The van der Waals surface area contributed by atoms with Gasteiger partial charge in [0.2, 0.25) is 11.7 Å². The Hall–Kier alpha value is -4.06. The highest BCUT2D eigenvalue weighted by molar-refractivity contribution is 6.32. The second-order valence-corrected chi connectivity index (χ2v) is 9.21. The van der Waals surface area contributed by atoms with Gasteiger partial charge in [-0.2, -0.15) is 13.2 Å². The number of halogens is 4. The molecular weight excluding hydrogens is 519 g/mol. The maximum atomic E-state index is 13.4. The van der Waals surface area contributed by atoms with Crippen molar-refractivity contribution in [3.63, 3.8) is 0 Å². The van der Waals surface area contributed by atoms with Crippen LogP contribution in [0.15, 0.2) is 52.2 Å². The van der Waals surface area contributed by atoms with Crippen LogP contribution in [0.4, 0.5) is 23.7 Å². The Morgan fingerprint density at radius 1 is 1.16 bits per heavy atom. The summed E-state index contributed by atoms with van der Waals surface area (Å²) in [6, 6.07) is 7.77. The Bertz CT molecular complexity index is 1610. The number of amides is 1. The average molecular weight is 536 g/mol. The number of fused-ring (bicyclic) bond motifs is 2. The molecule has 0 saturated heterocycles. The van der Waals surface area contributed by atoms with Crippen molar-refractivity contribution < 1.29 is 32.6 Å². The van der Waals surface area contributed by atoms with Gasteiger partial charge >= 0.3 is 18.0 Å². The number of carbonyl (C=O) groups is 2. The normalized spacial score (nSPS) is 15.7. The summed E-state index contributed by atoms with van der Waals surface area (Å²) in [6.07, 6.45) is -4.46. The number of carbonyl (C=O) groups excluding carboxylic acids is 1. The van der Waals surface area contributed by atoms with Gasteiger partial charge in [0.25, 0.3) is 5.56 Å². The Labute approximate surface area is 210 Å². The minimum atomic E-state index is -4.78. The highest BCUT2D eigenvalue weighted by Gasteiger charge is 2.58. The lowest BCUT2D eigenvalue weighted by molar-refractivity contribution is -0.137. The molecule has 1 aliphatic carbocycles. The van der Waals surface area contributed by atoms with Crippen LogP contribution >= 0.6 is 11.6 Å². The molecule has 5 rings (SSSR count). The van der Waals surface area contributed by atoms with E-state index in [1.165, 1.54) is 17.0 Å². The third kappa shape index (κ3) is 3.88. The molecule has 2 aliphatic rings. The number of anilines is 1. The summed E-state index contributed by atoms with van der Waals surface area (Å²) in [5, 5.41) is 8.39. The molecule has 0 bridgehead atoms. The largest absolute Gasteiger partial charge is 0.511 e. The van der Waals surface area contributed by atoms with Crippen LogP contribution in [0.2, 0.25) is 5.02 Å². The van der Waals surface area contributed by atoms with Crippen molar-refractivity contribution in [3.8, 4) is 11.4 Å². The number of hydrogen-bond donors (Lipinski definition) is 1. The number of carboxylic acid groups (broad SMARTS) is 1. The first-order valence-electron chi connectivity index (χ1n) is 10.9. The summed E-state index contributed by atoms with van der Waals surface area (Å²) >= 11 is 5.95. The van der Waals surface area contributed by atoms with Crippen LogP contribution in [0.5, 0.6) is 5.75 Å². The molecule has 1 spiro atoms. The van der Waals surface area contributed by atoms with E-state index in [2.05, 4.69) is 4.74 Å². The van der Waals surface area contributed by atoms with Crippen LogP contribution in [0, 0.1) is 0 Å². The Balaban J connectivity index is 1.68. The third-order valence-corrected chi connectivity index (χ3v) is 7.09. The fourth-order valence-electron chi connectivity index (χ4n) is 4.66. The van der Waals surface area contributed by atoms with Crippen molar-refractivity contribution in [2.45, 2.75) is 31.0 Å². The van der Waals surface area contributed by atoms with E-state index >= 15 is 0 Å². The molecule has 13 heteroatoms. The van der Waals surface area contributed by atoms with Crippen molar-refractivity contribution in [2.75, 3.05) is 11.9 Å². The van der Waals surface area contributed by atoms with Crippen molar-refractivity contribution in [2.24, 2.45) is 0 Å². The highest BCUT2D eigenvalue weighted by atomic mass is 35.5.